The van der Waals surface area contributed by atoms with Crippen LogP contribution in [0.3, 0.4) is 0 Å². The summed E-state index contributed by atoms with van der Waals surface area (Å²) in [6.07, 6.45) is 2.98. The Bertz CT molecular complexity index is 645. The van der Waals surface area contributed by atoms with Gasteiger partial charge in [0.05, 0.1) is 12.0 Å². The minimum Gasteiger partial charge on any atom is -0.487 e. The molecular formula is C16H16N2O. The van der Waals surface area contributed by atoms with Crippen molar-refractivity contribution in [2.45, 2.75) is 32.3 Å². The fourth-order valence-electron chi connectivity index (χ4n) is 2.69. The molecule has 1 aliphatic carbocycles. The summed E-state index contributed by atoms with van der Waals surface area (Å²) in [4.78, 5) is 4.56. The van der Waals surface area contributed by atoms with Crippen molar-refractivity contribution in [2.75, 3.05) is 0 Å². The second-order valence-corrected chi connectivity index (χ2v) is 5.10. The third-order valence-corrected chi connectivity index (χ3v) is 3.72. The molecule has 2 atom stereocenters. The van der Waals surface area contributed by atoms with Gasteiger partial charge in [0.2, 0.25) is 0 Å². The first-order valence-electron chi connectivity index (χ1n) is 6.70. The molecule has 0 aliphatic heterocycles. The lowest BCUT2D eigenvalue weighted by atomic mass is 10.1. The van der Waals surface area contributed by atoms with Gasteiger partial charge in [-0.1, -0.05) is 18.2 Å². The molecule has 3 nitrogen and oxygen atoms in total. The molecule has 96 valence electrons. The van der Waals surface area contributed by atoms with Crippen LogP contribution in [0.5, 0.6) is 5.75 Å². The van der Waals surface area contributed by atoms with Gasteiger partial charge in [-0.15, -0.1) is 0 Å². The largest absolute Gasteiger partial charge is 0.487 e. The second-order valence-electron chi connectivity index (χ2n) is 5.10. The molecule has 0 bridgehead atoms. The summed E-state index contributed by atoms with van der Waals surface area (Å²) in [6, 6.07) is 12.4. The van der Waals surface area contributed by atoms with E-state index in [-0.39, 0.29) is 12.0 Å². The van der Waals surface area contributed by atoms with E-state index in [0.717, 1.165) is 41.6 Å². The number of aryl methyl sites for hydroxylation is 1. The van der Waals surface area contributed by atoms with E-state index in [4.69, 9.17) is 10.00 Å². The number of nitrogens with zero attached hydrogens (tertiary/aromatic N) is 2. The minimum absolute atomic E-state index is 0.0120. The van der Waals surface area contributed by atoms with Gasteiger partial charge in [-0.05, 0) is 38.3 Å². The SMILES string of the molecule is Cc1ccc2cccc(OC3CCCC3C#N)c2n1. The normalized spacial score (nSPS) is 22.3. The van der Waals surface area contributed by atoms with Crippen molar-refractivity contribution < 1.29 is 4.74 Å². The summed E-state index contributed by atoms with van der Waals surface area (Å²) in [7, 11) is 0. The first kappa shape index (κ1) is 12.0. The molecule has 3 heteroatoms. The maximum Gasteiger partial charge on any atom is 0.146 e. The molecule has 3 rings (SSSR count). The number of rotatable bonds is 2. The van der Waals surface area contributed by atoms with E-state index in [1.54, 1.807) is 0 Å². The Morgan fingerprint density at radius 2 is 2.16 bits per heavy atom. The monoisotopic (exact) mass is 252 g/mol. The van der Waals surface area contributed by atoms with E-state index < -0.39 is 0 Å². The topological polar surface area (TPSA) is 45.9 Å². The highest BCUT2D eigenvalue weighted by Gasteiger charge is 2.29. The number of aromatic nitrogens is 1. The van der Waals surface area contributed by atoms with Crippen molar-refractivity contribution in [3.8, 4) is 11.8 Å². The summed E-state index contributed by atoms with van der Waals surface area (Å²) < 4.78 is 6.06. The molecule has 1 saturated carbocycles. The molecule has 0 radical (unpaired) electrons. The number of ether oxygens (including phenoxy) is 1. The minimum atomic E-state index is 0.0120. The van der Waals surface area contributed by atoms with Crippen molar-refractivity contribution in [1.82, 2.24) is 4.98 Å². The maximum atomic E-state index is 9.13. The zero-order valence-corrected chi connectivity index (χ0v) is 11.0. The van der Waals surface area contributed by atoms with Crippen molar-refractivity contribution >= 4 is 10.9 Å². The highest BCUT2D eigenvalue weighted by molar-refractivity contribution is 5.84. The molecule has 2 unspecified atom stereocenters. The predicted octanol–water partition coefficient (Wildman–Crippen LogP) is 3.61. The van der Waals surface area contributed by atoms with Crippen LogP contribution < -0.4 is 4.74 Å². The van der Waals surface area contributed by atoms with Crippen LogP contribution in [0.2, 0.25) is 0 Å². The lowest BCUT2D eigenvalue weighted by Crippen LogP contribution is -2.20. The van der Waals surface area contributed by atoms with Crippen LogP contribution in [-0.2, 0) is 0 Å². The summed E-state index contributed by atoms with van der Waals surface area (Å²) in [5.41, 5.74) is 1.87. The Kier molecular flexibility index (Phi) is 3.08. The van der Waals surface area contributed by atoms with Crippen molar-refractivity contribution in [2.24, 2.45) is 5.92 Å². The van der Waals surface area contributed by atoms with E-state index in [1.165, 1.54) is 0 Å². The van der Waals surface area contributed by atoms with Gasteiger partial charge >= 0.3 is 0 Å². The molecule has 1 aromatic carbocycles. The van der Waals surface area contributed by atoms with E-state index in [1.807, 2.05) is 31.2 Å². The zero-order chi connectivity index (χ0) is 13.2. The first-order valence-corrected chi connectivity index (χ1v) is 6.70. The van der Waals surface area contributed by atoms with E-state index >= 15 is 0 Å². The number of nitriles is 1. The number of hydrogen-bond acceptors (Lipinski definition) is 3. The molecule has 19 heavy (non-hydrogen) atoms. The zero-order valence-electron chi connectivity index (χ0n) is 11.0. The molecule has 0 N–H and O–H groups in total. The van der Waals surface area contributed by atoms with Crippen LogP contribution in [0.4, 0.5) is 0 Å². The van der Waals surface area contributed by atoms with Crippen LogP contribution >= 0.6 is 0 Å². The quantitative estimate of drug-likeness (QED) is 0.820. The van der Waals surface area contributed by atoms with Crippen LogP contribution in [0.25, 0.3) is 10.9 Å². The van der Waals surface area contributed by atoms with Gasteiger partial charge in [-0.3, -0.25) is 0 Å². The number of hydrogen-bond donors (Lipinski definition) is 0. The van der Waals surface area contributed by atoms with Gasteiger partial charge in [0, 0.05) is 11.1 Å². The molecular weight excluding hydrogens is 236 g/mol. The molecule has 0 saturated heterocycles. The number of pyridine rings is 1. The van der Waals surface area contributed by atoms with Gasteiger partial charge in [0.25, 0.3) is 0 Å². The maximum absolute atomic E-state index is 9.13. The molecule has 0 spiro atoms. The van der Waals surface area contributed by atoms with Crippen molar-refractivity contribution in [3.05, 3.63) is 36.0 Å². The first-order chi connectivity index (χ1) is 9.28. The smallest absolute Gasteiger partial charge is 0.146 e. The molecule has 1 aromatic heterocycles. The number of benzene rings is 1. The molecule has 0 amide bonds. The second kappa shape index (κ2) is 4.89. The Hall–Kier alpha value is -2.08. The summed E-state index contributed by atoms with van der Waals surface area (Å²) in [5, 5.41) is 10.2. The third-order valence-electron chi connectivity index (χ3n) is 3.72. The van der Waals surface area contributed by atoms with Gasteiger partial charge in [0.15, 0.2) is 0 Å². The van der Waals surface area contributed by atoms with E-state index in [9.17, 15) is 0 Å². The van der Waals surface area contributed by atoms with Crippen LogP contribution in [0.1, 0.15) is 25.0 Å². The fraction of sp³-hybridized carbons (Fsp3) is 0.375. The van der Waals surface area contributed by atoms with Gasteiger partial charge in [0.1, 0.15) is 17.4 Å². The number of fused-ring (bicyclic) bond motifs is 1. The average molecular weight is 252 g/mol. The Morgan fingerprint density at radius 3 is 3.00 bits per heavy atom. The Morgan fingerprint density at radius 1 is 1.26 bits per heavy atom. The van der Waals surface area contributed by atoms with E-state index in [0.29, 0.717) is 0 Å². The summed E-state index contributed by atoms with van der Waals surface area (Å²) in [6.45, 7) is 1.98. The third kappa shape index (κ3) is 2.26. The highest BCUT2D eigenvalue weighted by Crippen LogP contribution is 2.32. The van der Waals surface area contributed by atoms with E-state index in [2.05, 4.69) is 17.1 Å². The predicted molar refractivity (Wildman–Crippen MR) is 73.9 cm³/mol. The fourth-order valence-corrected chi connectivity index (χ4v) is 2.69. The molecule has 1 fully saturated rings. The van der Waals surface area contributed by atoms with Gasteiger partial charge in [-0.25, -0.2) is 4.98 Å². The van der Waals surface area contributed by atoms with Gasteiger partial charge in [-0.2, -0.15) is 5.26 Å². The Labute approximate surface area is 112 Å². The lowest BCUT2D eigenvalue weighted by Gasteiger charge is -2.17. The summed E-state index contributed by atoms with van der Waals surface area (Å²) in [5.74, 6) is 0.813. The van der Waals surface area contributed by atoms with Crippen LogP contribution in [-0.4, -0.2) is 11.1 Å². The lowest BCUT2D eigenvalue weighted by molar-refractivity contribution is 0.185. The number of para-hydroxylation sites is 1. The van der Waals surface area contributed by atoms with Crippen molar-refractivity contribution in [1.29, 1.82) is 5.26 Å². The molecule has 2 aromatic rings. The Balaban J connectivity index is 1.97. The standard InChI is InChI=1S/C16H16N2O/c1-11-8-9-12-4-2-7-15(16(12)18-11)19-14-6-3-5-13(14)10-17/h2,4,7-9,13-14H,3,5-6H2,1H3. The van der Waals surface area contributed by atoms with Gasteiger partial charge < -0.3 is 4.74 Å². The van der Waals surface area contributed by atoms with Crippen molar-refractivity contribution in [3.63, 3.8) is 0 Å². The highest BCUT2D eigenvalue weighted by atomic mass is 16.5. The summed E-state index contributed by atoms with van der Waals surface area (Å²) >= 11 is 0. The van der Waals surface area contributed by atoms with Crippen LogP contribution in [0.15, 0.2) is 30.3 Å². The molecule has 1 heterocycles. The van der Waals surface area contributed by atoms with Crippen LogP contribution in [0, 0.1) is 24.2 Å². The molecule has 1 aliphatic rings. The average Bonchev–Trinajstić information content (AvgIpc) is 2.87.